The molecule has 1 N–H and O–H groups in total. The van der Waals surface area contributed by atoms with Gasteiger partial charge in [0.1, 0.15) is 0 Å². The topological polar surface area (TPSA) is 29.3 Å². The summed E-state index contributed by atoms with van der Waals surface area (Å²) in [7, 11) is 0. The van der Waals surface area contributed by atoms with Gasteiger partial charge < -0.3 is 5.32 Å². The van der Waals surface area contributed by atoms with E-state index < -0.39 is 0 Å². The molecule has 0 saturated carbocycles. The lowest BCUT2D eigenvalue weighted by molar-refractivity contribution is 0.910. The molecular weight excluding hydrogens is 198 g/mol. The Bertz CT molecular complexity index is 391. The second-order valence-electron chi connectivity index (χ2n) is 3.73. The minimum atomic E-state index is 0.791. The van der Waals surface area contributed by atoms with Gasteiger partial charge >= 0.3 is 0 Å². The normalized spacial score (nSPS) is 14.3. The van der Waals surface area contributed by atoms with Gasteiger partial charge in [-0.15, -0.1) is 0 Å². The van der Waals surface area contributed by atoms with Crippen molar-refractivity contribution in [3.8, 4) is 0 Å². The third kappa shape index (κ3) is 2.54. The number of aromatic nitrogens is 1. The SMILES string of the molecule is CC.CC1=CNC(n2c(C)ccc2C)=NC1. The van der Waals surface area contributed by atoms with E-state index in [4.69, 9.17) is 0 Å². The van der Waals surface area contributed by atoms with Crippen molar-refractivity contribution < 1.29 is 0 Å². The molecule has 2 heterocycles. The Kier molecular flexibility index (Phi) is 4.35. The molecule has 0 unspecified atom stereocenters. The summed E-state index contributed by atoms with van der Waals surface area (Å²) in [5.74, 6) is 0.926. The molecule has 0 aromatic carbocycles. The molecular formula is C13H21N3. The highest BCUT2D eigenvalue weighted by Gasteiger charge is 2.09. The summed E-state index contributed by atoms with van der Waals surface area (Å²) in [4.78, 5) is 4.47. The Morgan fingerprint density at radius 2 is 1.69 bits per heavy atom. The van der Waals surface area contributed by atoms with Crippen molar-refractivity contribution in [1.82, 2.24) is 9.88 Å². The van der Waals surface area contributed by atoms with Crippen molar-refractivity contribution in [3.05, 3.63) is 35.3 Å². The van der Waals surface area contributed by atoms with Crippen LogP contribution in [0.4, 0.5) is 0 Å². The van der Waals surface area contributed by atoms with Crippen LogP contribution in [0.3, 0.4) is 0 Å². The molecule has 0 saturated heterocycles. The fraction of sp³-hybridized carbons (Fsp3) is 0.462. The molecule has 3 nitrogen and oxygen atoms in total. The molecule has 16 heavy (non-hydrogen) atoms. The lowest BCUT2D eigenvalue weighted by Crippen LogP contribution is -2.31. The molecule has 1 aliphatic rings. The van der Waals surface area contributed by atoms with E-state index in [0.717, 1.165) is 12.5 Å². The highest BCUT2D eigenvalue weighted by molar-refractivity contribution is 5.85. The molecule has 0 fully saturated rings. The highest BCUT2D eigenvalue weighted by atomic mass is 15.2. The maximum atomic E-state index is 4.47. The largest absolute Gasteiger partial charge is 0.332 e. The fourth-order valence-corrected chi connectivity index (χ4v) is 1.62. The summed E-state index contributed by atoms with van der Waals surface area (Å²) in [6.45, 7) is 11.0. The second kappa shape index (κ2) is 5.54. The molecule has 0 radical (unpaired) electrons. The van der Waals surface area contributed by atoms with Crippen LogP contribution < -0.4 is 5.32 Å². The van der Waals surface area contributed by atoms with Crippen molar-refractivity contribution in [2.45, 2.75) is 34.6 Å². The van der Waals surface area contributed by atoms with Crippen molar-refractivity contribution in [1.29, 1.82) is 0 Å². The maximum absolute atomic E-state index is 4.47. The Labute approximate surface area is 97.9 Å². The monoisotopic (exact) mass is 219 g/mol. The van der Waals surface area contributed by atoms with Crippen molar-refractivity contribution in [3.63, 3.8) is 0 Å². The number of nitrogens with zero attached hydrogens (tertiary/aromatic N) is 2. The Morgan fingerprint density at radius 3 is 2.12 bits per heavy atom. The van der Waals surface area contributed by atoms with Gasteiger partial charge in [0, 0.05) is 17.6 Å². The Balaban J connectivity index is 0.000000606. The van der Waals surface area contributed by atoms with E-state index in [1.807, 2.05) is 20.0 Å². The molecule has 0 aliphatic carbocycles. The molecule has 1 aromatic rings. The Morgan fingerprint density at radius 1 is 1.12 bits per heavy atom. The summed E-state index contributed by atoms with van der Waals surface area (Å²) < 4.78 is 2.13. The summed E-state index contributed by atoms with van der Waals surface area (Å²) in [5.41, 5.74) is 3.68. The summed E-state index contributed by atoms with van der Waals surface area (Å²) in [6, 6.07) is 4.20. The molecule has 1 aromatic heterocycles. The van der Waals surface area contributed by atoms with Crippen LogP contribution in [-0.2, 0) is 0 Å². The first-order valence-electron chi connectivity index (χ1n) is 5.80. The van der Waals surface area contributed by atoms with Crippen LogP contribution in [0.2, 0.25) is 0 Å². The van der Waals surface area contributed by atoms with E-state index in [0.29, 0.717) is 0 Å². The van der Waals surface area contributed by atoms with Crippen LogP contribution in [-0.4, -0.2) is 17.1 Å². The zero-order valence-electron chi connectivity index (χ0n) is 10.8. The summed E-state index contributed by atoms with van der Waals surface area (Å²) in [5, 5.41) is 3.20. The van der Waals surface area contributed by atoms with E-state index in [1.165, 1.54) is 17.0 Å². The average Bonchev–Trinajstić information content (AvgIpc) is 2.63. The second-order valence-corrected chi connectivity index (χ2v) is 3.73. The smallest absolute Gasteiger partial charge is 0.207 e. The summed E-state index contributed by atoms with van der Waals surface area (Å²) >= 11 is 0. The van der Waals surface area contributed by atoms with Crippen molar-refractivity contribution >= 4 is 5.96 Å². The number of hydrogen-bond donors (Lipinski definition) is 1. The minimum absolute atomic E-state index is 0.791. The molecule has 0 spiro atoms. The highest BCUT2D eigenvalue weighted by Crippen LogP contribution is 2.08. The van der Waals surface area contributed by atoms with E-state index in [2.05, 4.69) is 47.8 Å². The van der Waals surface area contributed by atoms with Crippen molar-refractivity contribution in [2.75, 3.05) is 6.54 Å². The van der Waals surface area contributed by atoms with Crippen LogP contribution in [0.5, 0.6) is 0 Å². The van der Waals surface area contributed by atoms with Crippen LogP contribution in [0.1, 0.15) is 32.2 Å². The first-order chi connectivity index (χ1) is 7.68. The van der Waals surface area contributed by atoms with Crippen LogP contribution in [0, 0.1) is 13.8 Å². The van der Waals surface area contributed by atoms with E-state index in [9.17, 15) is 0 Å². The third-order valence-corrected chi connectivity index (χ3v) is 2.41. The number of aliphatic imine (C=N–C) groups is 1. The molecule has 0 bridgehead atoms. The zero-order valence-corrected chi connectivity index (χ0v) is 10.8. The van der Waals surface area contributed by atoms with E-state index >= 15 is 0 Å². The van der Waals surface area contributed by atoms with Gasteiger partial charge in [0.15, 0.2) is 0 Å². The Hall–Kier alpha value is -1.51. The van der Waals surface area contributed by atoms with Crippen LogP contribution >= 0.6 is 0 Å². The third-order valence-electron chi connectivity index (χ3n) is 2.41. The van der Waals surface area contributed by atoms with Crippen LogP contribution in [0.15, 0.2) is 28.9 Å². The van der Waals surface area contributed by atoms with Crippen molar-refractivity contribution in [2.24, 2.45) is 4.99 Å². The molecule has 2 rings (SSSR count). The minimum Gasteiger partial charge on any atom is -0.332 e. The molecule has 3 heteroatoms. The molecule has 0 amide bonds. The maximum Gasteiger partial charge on any atom is 0.207 e. The molecule has 88 valence electrons. The standard InChI is InChI=1S/C11H15N3.C2H6/c1-8-6-12-11(13-7-8)14-9(2)4-5-10(14)3;1-2/h4-6H,7H2,1-3H3,(H,12,13);1-2H3. The lowest BCUT2D eigenvalue weighted by Gasteiger charge is -2.16. The number of hydrogen-bond acceptors (Lipinski definition) is 2. The average molecular weight is 219 g/mol. The summed E-state index contributed by atoms with van der Waals surface area (Å²) in [6.07, 6.45) is 2.02. The van der Waals surface area contributed by atoms with Gasteiger partial charge in [-0.25, -0.2) is 4.99 Å². The predicted octanol–water partition coefficient (Wildman–Crippen LogP) is 2.84. The van der Waals surface area contributed by atoms with E-state index in [1.54, 1.807) is 0 Å². The van der Waals surface area contributed by atoms with Gasteiger partial charge in [0.2, 0.25) is 5.96 Å². The fourth-order valence-electron chi connectivity index (χ4n) is 1.62. The van der Waals surface area contributed by atoms with Gasteiger partial charge in [0.25, 0.3) is 0 Å². The van der Waals surface area contributed by atoms with Crippen LogP contribution in [0.25, 0.3) is 0 Å². The van der Waals surface area contributed by atoms with Gasteiger partial charge in [-0.2, -0.15) is 0 Å². The zero-order chi connectivity index (χ0) is 12.1. The molecule has 0 atom stereocenters. The van der Waals surface area contributed by atoms with Gasteiger partial charge in [0.05, 0.1) is 6.54 Å². The van der Waals surface area contributed by atoms with Gasteiger partial charge in [-0.3, -0.25) is 4.57 Å². The lowest BCUT2D eigenvalue weighted by atomic mass is 10.3. The number of rotatable bonds is 0. The van der Waals surface area contributed by atoms with Gasteiger partial charge in [-0.1, -0.05) is 13.8 Å². The molecule has 1 aliphatic heterocycles. The number of aryl methyl sites for hydroxylation is 2. The first-order valence-corrected chi connectivity index (χ1v) is 5.80. The first kappa shape index (κ1) is 12.6. The van der Waals surface area contributed by atoms with E-state index in [-0.39, 0.29) is 0 Å². The van der Waals surface area contributed by atoms with Gasteiger partial charge in [-0.05, 0) is 38.5 Å². The predicted molar refractivity (Wildman–Crippen MR) is 69.8 cm³/mol. The quantitative estimate of drug-likeness (QED) is 0.714. The number of nitrogens with one attached hydrogen (secondary N) is 1.